The van der Waals surface area contributed by atoms with E-state index in [4.69, 9.17) is 4.74 Å². The van der Waals surface area contributed by atoms with Crippen molar-refractivity contribution in [1.82, 2.24) is 4.90 Å². The first-order chi connectivity index (χ1) is 20.8. The van der Waals surface area contributed by atoms with Crippen molar-refractivity contribution in [3.8, 4) is 0 Å². The smallest absolute Gasteiger partial charge is 0.309 e. The highest BCUT2D eigenvalue weighted by molar-refractivity contribution is 5.81. The Morgan fingerprint density at radius 3 is 2.22 bits per heavy atom. The lowest BCUT2D eigenvalue weighted by Crippen LogP contribution is -2.66. The minimum Gasteiger partial charge on any atom is -0.481 e. The van der Waals surface area contributed by atoms with Crippen molar-refractivity contribution in [2.75, 3.05) is 20.1 Å². The van der Waals surface area contributed by atoms with E-state index in [1.807, 2.05) is 0 Å². The van der Waals surface area contributed by atoms with E-state index in [-0.39, 0.29) is 29.3 Å². The Balaban J connectivity index is 1.40. The first-order valence-corrected chi connectivity index (χ1v) is 18.6. The molecule has 0 aromatic rings. The van der Waals surface area contributed by atoms with Crippen LogP contribution in [0.4, 0.5) is 0 Å². The highest BCUT2D eigenvalue weighted by Crippen LogP contribution is 2.78. The highest BCUT2D eigenvalue weighted by atomic mass is 16.5. The monoisotopic (exact) mass is 626 g/mol. The summed E-state index contributed by atoms with van der Waals surface area (Å²) < 4.78 is 6.18. The van der Waals surface area contributed by atoms with E-state index >= 15 is 0 Å². The van der Waals surface area contributed by atoms with E-state index in [2.05, 4.69) is 67.0 Å². The Kier molecular flexibility index (Phi) is 9.06. The standard InChI is InChI=1S/C40H67NO4/c1-12-41(11)24-23-40-20-15-27(26(2)3)33(40)28-13-14-30-37(8)18-17-31(45-32(42)25-35(4,5)34(43)44)36(6,7)29(37)16-19-39(30,10)38(28,9)21-22-40/h27-31,33H,2,12-25H2,1,3-11H3,(H,43,44)/t27-,28+,29?,30?,31-,33?,37-,38+,39+,40+/m0/s1. The van der Waals surface area contributed by atoms with Crippen LogP contribution < -0.4 is 0 Å². The molecule has 0 aromatic carbocycles. The predicted molar refractivity (Wildman–Crippen MR) is 183 cm³/mol. The van der Waals surface area contributed by atoms with Crippen molar-refractivity contribution in [2.45, 2.75) is 145 Å². The minimum atomic E-state index is -1.11. The molecule has 10 atom stereocenters. The third-order valence-electron chi connectivity index (χ3n) is 16.1. The second-order valence-corrected chi connectivity index (χ2v) is 18.9. The number of esters is 1. The second-order valence-electron chi connectivity index (χ2n) is 18.9. The molecule has 0 aliphatic heterocycles. The number of ether oxygens (including phenoxy) is 1. The van der Waals surface area contributed by atoms with Gasteiger partial charge in [0.1, 0.15) is 6.10 Å². The van der Waals surface area contributed by atoms with Crippen molar-refractivity contribution < 1.29 is 19.4 Å². The lowest BCUT2D eigenvalue weighted by molar-refractivity contribution is -0.250. The van der Waals surface area contributed by atoms with Crippen molar-refractivity contribution >= 4 is 11.9 Å². The summed E-state index contributed by atoms with van der Waals surface area (Å²) in [5.41, 5.74) is 1.51. The van der Waals surface area contributed by atoms with Gasteiger partial charge in [0.15, 0.2) is 0 Å². The van der Waals surface area contributed by atoms with Gasteiger partial charge >= 0.3 is 11.9 Å². The van der Waals surface area contributed by atoms with Gasteiger partial charge in [-0.3, -0.25) is 9.59 Å². The number of carboxylic acids is 1. The zero-order valence-electron chi connectivity index (χ0n) is 30.7. The topological polar surface area (TPSA) is 66.8 Å². The normalized spacial score (nSPS) is 43.9. The number of rotatable bonds is 9. The van der Waals surface area contributed by atoms with Crippen LogP contribution in [0.1, 0.15) is 139 Å². The number of aliphatic carboxylic acids is 1. The SMILES string of the molecule is C=C(C)[C@@H]1CC[C@]2(CCN(C)CC)CC[C@]3(C)[C@H](CCC4[C@@]5(C)CC[C@H](OC(=O)CC(C)(C)C(=O)O)C(C)(C)C5CC[C@]43C)C12. The second kappa shape index (κ2) is 11.7. The fraction of sp³-hybridized carbons (Fsp3) is 0.900. The van der Waals surface area contributed by atoms with Crippen LogP contribution in [0.5, 0.6) is 0 Å². The number of nitrogens with zero attached hydrogens (tertiary/aromatic N) is 1. The summed E-state index contributed by atoms with van der Waals surface area (Å²) in [6.45, 7) is 27.5. The summed E-state index contributed by atoms with van der Waals surface area (Å²) in [6.07, 6.45) is 13.7. The van der Waals surface area contributed by atoms with Crippen molar-refractivity contribution in [3.63, 3.8) is 0 Å². The van der Waals surface area contributed by atoms with Crippen LogP contribution in [0.25, 0.3) is 0 Å². The fourth-order valence-corrected chi connectivity index (χ4v) is 13.1. The third kappa shape index (κ3) is 5.36. The van der Waals surface area contributed by atoms with Crippen molar-refractivity contribution in [1.29, 1.82) is 0 Å². The number of carboxylic acid groups (broad SMARTS) is 1. The summed E-state index contributed by atoms with van der Waals surface area (Å²) >= 11 is 0. The molecule has 0 saturated heterocycles. The number of hydrogen-bond donors (Lipinski definition) is 1. The lowest BCUT2D eigenvalue weighted by atomic mass is 9.32. The number of hydrogen-bond acceptors (Lipinski definition) is 4. The van der Waals surface area contributed by atoms with Gasteiger partial charge in [-0.15, -0.1) is 0 Å². The van der Waals surface area contributed by atoms with E-state index in [1.165, 1.54) is 69.9 Å². The predicted octanol–water partition coefficient (Wildman–Crippen LogP) is 9.40. The van der Waals surface area contributed by atoms with Crippen molar-refractivity contribution in [2.24, 2.45) is 62.1 Å². The van der Waals surface area contributed by atoms with Gasteiger partial charge in [0.05, 0.1) is 11.8 Å². The zero-order chi connectivity index (χ0) is 33.4. The molecule has 45 heavy (non-hydrogen) atoms. The number of allylic oxidation sites excluding steroid dienone is 1. The summed E-state index contributed by atoms with van der Waals surface area (Å²) in [4.78, 5) is 27.2. The summed E-state index contributed by atoms with van der Waals surface area (Å²) in [5, 5.41) is 9.58. The molecule has 5 rings (SSSR count). The van der Waals surface area contributed by atoms with Gasteiger partial charge in [0.2, 0.25) is 0 Å². The van der Waals surface area contributed by atoms with Gasteiger partial charge in [-0.2, -0.15) is 0 Å². The maximum Gasteiger partial charge on any atom is 0.309 e. The van der Waals surface area contributed by atoms with E-state index in [0.29, 0.717) is 34.0 Å². The van der Waals surface area contributed by atoms with Crippen LogP contribution >= 0.6 is 0 Å². The zero-order valence-corrected chi connectivity index (χ0v) is 30.7. The van der Waals surface area contributed by atoms with Crippen LogP contribution in [0.3, 0.4) is 0 Å². The van der Waals surface area contributed by atoms with Crippen LogP contribution in [-0.4, -0.2) is 48.2 Å². The fourth-order valence-electron chi connectivity index (χ4n) is 13.1. The molecule has 5 aliphatic carbocycles. The van der Waals surface area contributed by atoms with Crippen LogP contribution in [0.2, 0.25) is 0 Å². The summed E-state index contributed by atoms with van der Waals surface area (Å²) in [7, 11) is 2.29. The van der Waals surface area contributed by atoms with Gasteiger partial charge < -0.3 is 14.7 Å². The molecule has 5 fully saturated rings. The van der Waals surface area contributed by atoms with Gasteiger partial charge in [-0.1, -0.05) is 53.7 Å². The first-order valence-electron chi connectivity index (χ1n) is 18.6. The number of carbonyl (C=O) groups is 2. The van der Waals surface area contributed by atoms with Crippen molar-refractivity contribution in [3.05, 3.63) is 12.2 Å². The maximum atomic E-state index is 13.0. The molecule has 3 unspecified atom stereocenters. The van der Waals surface area contributed by atoms with E-state index in [1.54, 1.807) is 13.8 Å². The molecule has 0 heterocycles. The Bertz CT molecular complexity index is 1170. The quantitative estimate of drug-likeness (QED) is 0.204. The van der Waals surface area contributed by atoms with E-state index < -0.39 is 11.4 Å². The summed E-state index contributed by atoms with van der Waals surface area (Å²) in [6, 6.07) is 0. The Hall–Kier alpha value is -1.36. The molecule has 1 N–H and O–H groups in total. The molecule has 5 saturated carbocycles. The first kappa shape index (κ1) is 35.0. The average molecular weight is 626 g/mol. The molecule has 5 nitrogen and oxygen atoms in total. The van der Waals surface area contributed by atoms with E-state index in [0.717, 1.165) is 31.2 Å². The Labute approximate surface area is 275 Å². The molecular formula is C40H67NO4. The average Bonchev–Trinajstić information content (AvgIpc) is 3.33. The minimum absolute atomic E-state index is 0.0835. The summed E-state index contributed by atoms with van der Waals surface area (Å²) in [5.74, 6) is 2.06. The van der Waals surface area contributed by atoms with Crippen LogP contribution in [0, 0.1) is 62.1 Å². The van der Waals surface area contributed by atoms with Gasteiger partial charge in [-0.25, -0.2) is 0 Å². The van der Waals surface area contributed by atoms with E-state index in [9.17, 15) is 14.7 Å². The Morgan fingerprint density at radius 2 is 1.60 bits per heavy atom. The molecule has 5 heteroatoms. The molecule has 0 amide bonds. The molecule has 256 valence electrons. The lowest BCUT2D eigenvalue weighted by Gasteiger charge is -2.73. The third-order valence-corrected chi connectivity index (χ3v) is 16.1. The maximum absolute atomic E-state index is 13.0. The molecule has 0 bridgehead atoms. The molecule has 0 aromatic heterocycles. The molecule has 5 aliphatic rings. The largest absolute Gasteiger partial charge is 0.481 e. The molecule has 0 spiro atoms. The Morgan fingerprint density at radius 1 is 0.911 bits per heavy atom. The van der Waals surface area contributed by atoms with Crippen LogP contribution in [-0.2, 0) is 14.3 Å². The molecular weight excluding hydrogens is 558 g/mol. The number of carbonyl (C=O) groups excluding carboxylic acids is 1. The molecule has 0 radical (unpaired) electrons. The number of fused-ring (bicyclic) bond motifs is 7. The van der Waals surface area contributed by atoms with Gasteiger partial charge in [-0.05, 0) is 163 Å². The van der Waals surface area contributed by atoms with Gasteiger partial charge in [0, 0.05) is 5.41 Å². The van der Waals surface area contributed by atoms with Crippen LogP contribution in [0.15, 0.2) is 12.2 Å². The van der Waals surface area contributed by atoms with Gasteiger partial charge in [0.25, 0.3) is 0 Å². The highest BCUT2D eigenvalue weighted by Gasteiger charge is 2.71.